The number of Topliss-reactive ketones (excluding diaryl/α,β-unsaturated/α-hetero) is 1. The molecule has 3 rings (SSSR count). The maximum absolute atomic E-state index is 12.4. The van der Waals surface area contributed by atoms with Crippen LogP contribution in [0.3, 0.4) is 0 Å². The molecule has 0 aliphatic heterocycles. The SMILES string of the molecule is O=C(O)c1ccccc1C(=O)Cc1nc(-c2ccccc2)cs1. The Morgan fingerprint density at radius 2 is 1.61 bits per heavy atom. The Balaban J connectivity index is 1.82. The zero-order valence-electron chi connectivity index (χ0n) is 12.1. The minimum Gasteiger partial charge on any atom is -0.478 e. The fraction of sp³-hybridized carbons (Fsp3) is 0.0556. The average Bonchev–Trinajstić information content (AvgIpc) is 3.04. The molecule has 5 heteroatoms. The van der Waals surface area contributed by atoms with Crippen molar-refractivity contribution in [2.75, 3.05) is 0 Å². The van der Waals surface area contributed by atoms with Gasteiger partial charge < -0.3 is 5.11 Å². The number of aromatic carboxylic acids is 1. The molecule has 0 atom stereocenters. The van der Waals surface area contributed by atoms with Gasteiger partial charge in [-0.15, -0.1) is 11.3 Å². The van der Waals surface area contributed by atoms with Gasteiger partial charge in [-0.3, -0.25) is 4.79 Å². The number of carbonyl (C=O) groups is 2. The van der Waals surface area contributed by atoms with Gasteiger partial charge in [-0.1, -0.05) is 48.5 Å². The van der Waals surface area contributed by atoms with Crippen LogP contribution >= 0.6 is 11.3 Å². The van der Waals surface area contributed by atoms with E-state index in [9.17, 15) is 9.59 Å². The molecule has 0 unspecified atom stereocenters. The average molecular weight is 323 g/mol. The monoisotopic (exact) mass is 323 g/mol. The highest BCUT2D eigenvalue weighted by molar-refractivity contribution is 7.10. The van der Waals surface area contributed by atoms with Gasteiger partial charge in [0.2, 0.25) is 0 Å². The van der Waals surface area contributed by atoms with E-state index in [0.29, 0.717) is 5.01 Å². The predicted molar refractivity (Wildman–Crippen MR) is 89.0 cm³/mol. The highest BCUT2D eigenvalue weighted by Crippen LogP contribution is 2.23. The second-order valence-electron chi connectivity index (χ2n) is 4.94. The lowest BCUT2D eigenvalue weighted by atomic mass is 10.0. The molecule has 0 saturated carbocycles. The second-order valence-corrected chi connectivity index (χ2v) is 5.89. The second kappa shape index (κ2) is 6.54. The largest absolute Gasteiger partial charge is 0.478 e. The van der Waals surface area contributed by atoms with Crippen LogP contribution in [0.2, 0.25) is 0 Å². The van der Waals surface area contributed by atoms with Gasteiger partial charge >= 0.3 is 5.97 Å². The van der Waals surface area contributed by atoms with Gasteiger partial charge in [0.15, 0.2) is 5.78 Å². The van der Waals surface area contributed by atoms with Gasteiger partial charge in [0.25, 0.3) is 0 Å². The molecule has 0 saturated heterocycles. The minimum absolute atomic E-state index is 0.0253. The molecular formula is C18H13NO3S. The van der Waals surface area contributed by atoms with E-state index in [0.717, 1.165) is 11.3 Å². The van der Waals surface area contributed by atoms with E-state index in [1.54, 1.807) is 12.1 Å². The van der Waals surface area contributed by atoms with Crippen LogP contribution in [0.1, 0.15) is 25.7 Å². The molecule has 1 heterocycles. The van der Waals surface area contributed by atoms with Crippen molar-refractivity contribution in [3.63, 3.8) is 0 Å². The first kappa shape index (κ1) is 15.1. The molecule has 4 nitrogen and oxygen atoms in total. The maximum atomic E-state index is 12.4. The van der Waals surface area contributed by atoms with Crippen molar-refractivity contribution >= 4 is 23.1 Å². The van der Waals surface area contributed by atoms with E-state index in [2.05, 4.69) is 4.98 Å². The molecule has 0 amide bonds. The normalized spacial score (nSPS) is 10.4. The van der Waals surface area contributed by atoms with Gasteiger partial charge in [0.05, 0.1) is 17.7 Å². The summed E-state index contributed by atoms with van der Waals surface area (Å²) >= 11 is 1.40. The summed E-state index contributed by atoms with van der Waals surface area (Å²) in [5.74, 6) is -1.34. The van der Waals surface area contributed by atoms with Gasteiger partial charge in [0.1, 0.15) is 5.01 Å². The molecule has 1 N–H and O–H groups in total. The molecule has 114 valence electrons. The Morgan fingerprint density at radius 3 is 2.30 bits per heavy atom. The Bertz CT molecular complexity index is 855. The fourth-order valence-electron chi connectivity index (χ4n) is 2.28. The number of thiazole rings is 1. The summed E-state index contributed by atoms with van der Waals surface area (Å²) in [4.78, 5) is 28.1. The molecule has 3 aromatic rings. The lowest BCUT2D eigenvalue weighted by Crippen LogP contribution is -2.10. The topological polar surface area (TPSA) is 67.3 Å². The third kappa shape index (κ3) is 3.35. The van der Waals surface area contributed by atoms with E-state index >= 15 is 0 Å². The summed E-state index contributed by atoms with van der Waals surface area (Å²) in [6, 6.07) is 16.0. The summed E-state index contributed by atoms with van der Waals surface area (Å²) in [6.45, 7) is 0. The Kier molecular flexibility index (Phi) is 4.30. The third-order valence-electron chi connectivity index (χ3n) is 3.39. The molecule has 0 aliphatic rings. The zero-order valence-corrected chi connectivity index (χ0v) is 12.9. The number of carboxylic acid groups (broad SMARTS) is 1. The number of benzene rings is 2. The predicted octanol–water partition coefficient (Wildman–Crippen LogP) is 3.93. The number of aromatic nitrogens is 1. The van der Waals surface area contributed by atoms with Gasteiger partial charge in [-0.05, 0) is 6.07 Å². The molecule has 0 radical (unpaired) electrons. The molecule has 23 heavy (non-hydrogen) atoms. The van der Waals surface area contributed by atoms with Crippen LogP contribution in [-0.4, -0.2) is 21.8 Å². The van der Waals surface area contributed by atoms with Gasteiger partial charge in [0, 0.05) is 16.5 Å². The fourth-order valence-corrected chi connectivity index (χ4v) is 3.08. The number of carboxylic acids is 1. The first-order chi connectivity index (χ1) is 11.1. The quantitative estimate of drug-likeness (QED) is 0.722. The number of ketones is 1. The van der Waals surface area contributed by atoms with Crippen LogP contribution in [0.5, 0.6) is 0 Å². The highest BCUT2D eigenvalue weighted by Gasteiger charge is 2.17. The van der Waals surface area contributed by atoms with Crippen LogP contribution in [0.4, 0.5) is 0 Å². The van der Waals surface area contributed by atoms with Crippen molar-refractivity contribution in [2.24, 2.45) is 0 Å². The van der Waals surface area contributed by atoms with Crippen molar-refractivity contribution < 1.29 is 14.7 Å². The highest BCUT2D eigenvalue weighted by atomic mass is 32.1. The number of nitrogens with zero attached hydrogens (tertiary/aromatic N) is 1. The van der Waals surface area contributed by atoms with Crippen molar-refractivity contribution in [3.8, 4) is 11.3 Å². The summed E-state index contributed by atoms with van der Waals surface area (Å²) in [6.07, 6.45) is 0.0990. The number of carbonyl (C=O) groups excluding carboxylic acids is 1. The third-order valence-corrected chi connectivity index (χ3v) is 4.24. The summed E-state index contributed by atoms with van der Waals surface area (Å²) in [5.41, 5.74) is 2.06. The van der Waals surface area contributed by atoms with Crippen LogP contribution in [0, 0.1) is 0 Å². The van der Waals surface area contributed by atoms with Gasteiger partial charge in [-0.25, -0.2) is 9.78 Å². The van der Waals surface area contributed by atoms with E-state index in [1.165, 1.54) is 23.5 Å². The summed E-state index contributed by atoms with van der Waals surface area (Å²) in [7, 11) is 0. The van der Waals surface area contributed by atoms with Crippen LogP contribution in [0.25, 0.3) is 11.3 Å². The van der Waals surface area contributed by atoms with Crippen molar-refractivity contribution in [2.45, 2.75) is 6.42 Å². The van der Waals surface area contributed by atoms with Gasteiger partial charge in [-0.2, -0.15) is 0 Å². The zero-order chi connectivity index (χ0) is 16.2. The van der Waals surface area contributed by atoms with Crippen molar-refractivity contribution in [3.05, 3.63) is 76.1 Å². The number of hydrogen-bond donors (Lipinski definition) is 1. The number of rotatable bonds is 5. The summed E-state index contributed by atoms with van der Waals surface area (Å²) < 4.78 is 0. The van der Waals surface area contributed by atoms with Crippen LogP contribution in [0.15, 0.2) is 60.0 Å². The number of hydrogen-bond acceptors (Lipinski definition) is 4. The van der Waals surface area contributed by atoms with Crippen molar-refractivity contribution in [1.29, 1.82) is 0 Å². The summed E-state index contributed by atoms with van der Waals surface area (Å²) in [5, 5.41) is 11.7. The molecular weight excluding hydrogens is 310 g/mol. The minimum atomic E-state index is -1.10. The lowest BCUT2D eigenvalue weighted by molar-refractivity contribution is 0.0692. The maximum Gasteiger partial charge on any atom is 0.336 e. The Labute approximate surface area is 137 Å². The molecule has 2 aromatic carbocycles. The van der Waals surface area contributed by atoms with E-state index in [-0.39, 0.29) is 23.3 Å². The lowest BCUT2D eigenvalue weighted by Gasteiger charge is -2.03. The molecule has 1 aromatic heterocycles. The van der Waals surface area contributed by atoms with E-state index in [4.69, 9.17) is 5.11 Å². The molecule has 0 bridgehead atoms. The van der Waals surface area contributed by atoms with Crippen molar-refractivity contribution in [1.82, 2.24) is 4.98 Å². The van der Waals surface area contributed by atoms with Crippen LogP contribution < -0.4 is 0 Å². The molecule has 0 fully saturated rings. The smallest absolute Gasteiger partial charge is 0.336 e. The van der Waals surface area contributed by atoms with E-state index in [1.807, 2.05) is 35.7 Å². The van der Waals surface area contributed by atoms with Crippen LogP contribution in [-0.2, 0) is 6.42 Å². The standard InChI is InChI=1S/C18H13NO3S/c20-16(13-8-4-5-9-14(13)18(21)22)10-17-19-15(11-23-17)12-6-2-1-3-7-12/h1-9,11H,10H2,(H,21,22). The molecule has 0 aliphatic carbocycles. The first-order valence-corrected chi connectivity index (χ1v) is 7.88. The Hall–Kier alpha value is -2.79. The molecule has 0 spiro atoms. The Morgan fingerprint density at radius 1 is 0.957 bits per heavy atom. The van der Waals surface area contributed by atoms with E-state index < -0.39 is 5.97 Å². The first-order valence-electron chi connectivity index (χ1n) is 7.00.